The number of hydrogen-bond donors (Lipinski definition) is 0. The van der Waals surface area contributed by atoms with Gasteiger partial charge in [0.15, 0.2) is 0 Å². The van der Waals surface area contributed by atoms with E-state index in [1.165, 1.54) is 11.1 Å². The molecule has 5 heteroatoms. The van der Waals surface area contributed by atoms with Crippen LogP contribution in [0.3, 0.4) is 0 Å². The normalized spacial score (nSPS) is 16.0. The molecule has 2 aromatic rings. The summed E-state index contributed by atoms with van der Waals surface area (Å²) in [4.78, 5) is 0. The first-order valence-electron chi connectivity index (χ1n) is 9.14. The van der Waals surface area contributed by atoms with Crippen molar-refractivity contribution >= 4 is 55.1 Å². The first kappa shape index (κ1) is 23.2. The van der Waals surface area contributed by atoms with Crippen molar-refractivity contribution in [1.82, 2.24) is 0 Å². The van der Waals surface area contributed by atoms with E-state index in [1.54, 1.807) is 0 Å². The zero-order valence-electron chi connectivity index (χ0n) is 16.2. The fraction of sp³-hybridized carbons (Fsp3) is 0.455. The Balaban J connectivity index is 2.14. The molecule has 0 aliphatic carbocycles. The molecule has 2 rings (SSSR count). The van der Waals surface area contributed by atoms with E-state index in [1.807, 2.05) is 24.3 Å². The second-order valence-corrected chi connectivity index (χ2v) is 10.1. The topological polar surface area (TPSA) is 9.23 Å². The number of benzene rings is 2. The summed E-state index contributed by atoms with van der Waals surface area (Å²) in [6.07, 6.45) is 1.94. The Labute approximate surface area is 190 Å². The molecular formula is C22H26Br2Cl2O. The van der Waals surface area contributed by atoms with E-state index < -0.39 is 0 Å². The van der Waals surface area contributed by atoms with Crippen molar-refractivity contribution in [3.63, 3.8) is 0 Å². The van der Waals surface area contributed by atoms with Crippen molar-refractivity contribution < 1.29 is 4.74 Å². The average molecular weight is 537 g/mol. The molecule has 2 aromatic carbocycles. The van der Waals surface area contributed by atoms with Crippen LogP contribution in [0.5, 0.6) is 0 Å². The van der Waals surface area contributed by atoms with Crippen LogP contribution >= 0.6 is 55.1 Å². The van der Waals surface area contributed by atoms with Crippen LogP contribution in [0.25, 0.3) is 0 Å². The first-order chi connectivity index (χ1) is 12.6. The van der Waals surface area contributed by atoms with E-state index >= 15 is 0 Å². The molecule has 0 radical (unpaired) electrons. The third-order valence-corrected chi connectivity index (χ3v) is 8.10. The average Bonchev–Trinajstić information content (AvgIpc) is 2.65. The van der Waals surface area contributed by atoms with Crippen molar-refractivity contribution in [2.24, 2.45) is 0 Å². The zero-order chi connectivity index (χ0) is 20.2. The van der Waals surface area contributed by atoms with E-state index in [0.717, 1.165) is 31.8 Å². The summed E-state index contributed by atoms with van der Waals surface area (Å²) < 4.78 is 8.11. The van der Waals surface area contributed by atoms with Crippen LogP contribution in [0.4, 0.5) is 0 Å². The SMILES string of the molecule is CCC(C)(COCC(C)(CC)c1ccc(Br)c(Cl)c1)c1ccc(Br)c(Cl)c1. The predicted molar refractivity (Wildman–Crippen MR) is 124 cm³/mol. The zero-order valence-corrected chi connectivity index (χ0v) is 20.9. The van der Waals surface area contributed by atoms with Gasteiger partial charge in [-0.25, -0.2) is 0 Å². The van der Waals surface area contributed by atoms with E-state index in [0.29, 0.717) is 13.2 Å². The Morgan fingerprint density at radius 1 is 0.778 bits per heavy atom. The molecule has 0 aliphatic rings. The molecule has 0 saturated heterocycles. The van der Waals surface area contributed by atoms with E-state index in [9.17, 15) is 0 Å². The smallest absolute Gasteiger partial charge is 0.0560 e. The molecule has 1 nitrogen and oxygen atoms in total. The van der Waals surface area contributed by atoms with Crippen LogP contribution in [-0.2, 0) is 15.6 Å². The summed E-state index contributed by atoms with van der Waals surface area (Å²) in [6.45, 7) is 10.1. The summed E-state index contributed by atoms with van der Waals surface area (Å²) in [6, 6.07) is 12.3. The minimum atomic E-state index is -0.0870. The van der Waals surface area contributed by atoms with Gasteiger partial charge in [0, 0.05) is 19.8 Å². The number of halogens is 4. The van der Waals surface area contributed by atoms with Crippen LogP contribution < -0.4 is 0 Å². The highest BCUT2D eigenvalue weighted by Crippen LogP contribution is 2.35. The molecule has 0 fully saturated rings. The molecule has 0 heterocycles. The van der Waals surface area contributed by atoms with Gasteiger partial charge in [0.2, 0.25) is 0 Å². The van der Waals surface area contributed by atoms with Gasteiger partial charge in [0.25, 0.3) is 0 Å². The summed E-state index contributed by atoms with van der Waals surface area (Å²) in [5, 5.41) is 1.46. The second kappa shape index (κ2) is 9.63. The van der Waals surface area contributed by atoms with Crippen LogP contribution in [0.1, 0.15) is 51.7 Å². The van der Waals surface area contributed by atoms with Crippen molar-refractivity contribution in [2.75, 3.05) is 13.2 Å². The highest BCUT2D eigenvalue weighted by molar-refractivity contribution is 9.10. The van der Waals surface area contributed by atoms with Gasteiger partial charge in [-0.15, -0.1) is 0 Å². The molecule has 0 bridgehead atoms. The molecule has 0 aliphatic heterocycles. The lowest BCUT2D eigenvalue weighted by Crippen LogP contribution is -2.33. The number of hydrogen-bond acceptors (Lipinski definition) is 1. The first-order valence-corrected chi connectivity index (χ1v) is 11.5. The van der Waals surface area contributed by atoms with Crippen molar-refractivity contribution in [3.05, 3.63) is 66.5 Å². The highest BCUT2D eigenvalue weighted by atomic mass is 79.9. The Morgan fingerprint density at radius 3 is 1.44 bits per heavy atom. The summed E-state index contributed by atoms with van der Waals surface area (Å²) in [5.74, 6) is 0. The van der Waals surface area contributed by atoms with E-state index in [-0.39, 0.29) is 10.8 Å². The number of ether oxygens (including phenoxy) is 1. The van der Waals surface area contributed by atoms with Gasteiger partial charge in [-0.2, -0.15) is 0 Å². The van der Waals surface area contributed by atoms with Gasteiger partial charge in [-0.05, 0) is 80.1 Å². The van der Waals surface area contributed by atoms with Crippen molar-refractivity contribution in [2.45, 2.75) is 51.4 Å². The fourth-order valence-corrected chi connectivity index (χ4v) is 3.88. The summed E-state index contributed by atoms with van der Waals surface area (Å²) in [7, 11) is 0. The lowest BCUT2D eigenvalue weighted by Gasteiger charge is -2.33. The summed E-state index contributed by atoms with van der Waals surface area (Å²) in [5.41, 5.74) is 2.22. The van der Waals surface area contributed by atoms with Crippen molar-refractivity contribution in [3.8, 4) is 0 Å². The maximum Gasteiger partial charge on any atom is 0.0560 e. The van der Waals surface area contributed by atoms with Gasteiger partial charge < -0.3 is 4.74 Å². The fourth-order valence-electron chi connectivity index (χ4n) is 3.02. The van der Waals surface area contributed by atoms with Gasteiger partial charge in [-0.3, -0.25) is 0 Å². The van der Waals surface area contributed by atoms with Crippen LogP contribution in [0.15, 0.2) is 45.3 Å². The molecule has 2 atom stereocenters. The molecule has 0 saturated carbocycles. The predicted octanol–water partition coefficient (Wildman–Crippen LogP) is 8.57. The molecule has 0 N–H and O–H groups in total. The van der Waals surface area contributed by atoms with E-state index in [2.05, 4.69) is 71.7 Å². The van der Waals surface area contributed by atoms with Crippen LogP contribution in [-0.4, -0.2) is 13.2 Å². The molecule has 27 heavy (non-hydrogen) atoms. The quantitative estimate of drug-likeness (QED) is 0.328. The van der Waals surface area contributed by atoms with Crippen LogP contribution in [0.2, 0.25) is 10.0 Å². The monoisotopic (exact) mass is 534 g/mol. The second-order valence-electron chi connectivity index (χ2n) is 7.58. The summed E-state index contributed by atoms with van der Waals surface area (Å²) >= 11 is 19.6. The highest BCUT2D eigenvalue weighted by Gasteiger charge is 2.30. The van der Waals surface area contributed by atoms with Crippen molar-refractivity contribution in [1.29, 1.82) is 0 Å². The lowest BCUT2D eigenvalue weighted by molar-refractivity contribution is 0.0510. The lowest BCUT2D eigenvalue weighted by atomic mass is 9.79. The Bertz CT molecular complexity index is 730. The van der Waals surface area contributed by atoms with Gasteiger partial charge in [0.05, 0.1) is 23.3 Å². The molecule has 148 valence electrons. The van der Waals surface area contributed by atoms with Gasteiger partial charge >= 0.3 is 0 Å². The van der Waals surface area contributed by atoms with Gasteiger partial charge in [0.1, 0.15) is 0 Å². The Morgan fingerprint density at radius 2 is 1.15 bits per heavy atom. The molecule has 0 aromatic heterocycles. The minimum Gasteiger partial charge on any atom is -0.380 e. The molecular weight excluding hydrogens is 511 g/mol. The Kier molecular flexibility index (Phi) is 8.28. The third kappa shape index (κ3) is 5.51. The maximum absolute atomic E-state index is 6.31. The Hall–Kier alpha value is -0.0600. The minimum absolute atomic E-state index is 0.0870. The van der Waals surface area contributed by atoms with E-state index in [4.69, 9.17) is 27.9 Å². The maximum atomic E-state index is 6.31. The van der Waals surface area contributed by atoms with Crippen LogP contribution in [0, 0.1) is 0 Å². The molecule has 2 unspecified atom stereocenters. The largest absolute Gasteiger partial charge is 0.380 e. The number of rotatable bonds is 8. The molecule has 0 spiro atoms. The van der Waals surface area contributed by atoms with Gasteiger partial charge in [-0.1, -0.05) is 63.0 Å². The standard InChI is InChI=1S/C22H26Br2Cl2O/c1-5-21(3,15-7-9-17(23)19(25)11-15)13-27-14-22(4,6-2)16-8-10-18(24)20(26)12-16/h7-12H,5-6,13-14H2,1-4H3. The molecule has 0 amide bonds. The third-order valence-electron chi connectivity index (χ3n) is 5.63.